The van der Waals surface area contributed by atoms with Crippen molar-refractivity contribution in [3.05, 3.63) is 33.4 Å². The summed E-state index contributed by atoms with van der Waals surface area (Å²) in [6.45, 7) is 4.76. The van der Waals surface area contributed by atoms with Crippen LogP contribution in [0.3, 0.4) is 0 Å². The van der Waals surface area contributed by atoms with Crippen molar-refractivity contribution in [3.63, 3.8) is 0 Å². The van der Waals surface area contributed by atoms with Crippen molar-refractivity contribution in [2.75, 3.05) is 13.2 Å². The van der Waals surface area contributed by atoms with E-state index in [-0.39, 0.29) is 36.9 Å². The van der Waals surface area contributed by atoms with Gasteiger partial charge < -0.3 is 30.4 Å². The lowest BCUT2D eigenvalue weighted by molar-refractivity contribution is -0.132. The minimum atomic E-state index is -0.321. The highest BCUT2D eigenvalue weighted by Crippen LogP contribution is 2.56. The summed E-state index contributed by atoms with van der Waals surface area (Å²) < 4.78 is 23.6. The summed E-state index contributed by atoms with van der Waals surface area (Å²) in [6, 6.07) is -0.130. The van der Waals surface area contributed by atoms with Gasteiger partial charge in [-0.05, 0) is 56.2 Å². The molecule has 4 N–H and O–H groups in total. The molecule has 2 unspecified atom stereocenters. The summed E-state index contributed by atoms with van der Waals surface area (Å²) in [7, 11) is 0. The summed E-state index contributed by atoms with van der Waals surface area (Å²) in [6.07, 6.45) is 2.84. The molecule has 6 rings (SSSR count). The second-order valence-corrected chi connectivity index (χ2v) is 9.44. The standard InChI is InChI=1S/C26H28N2O6/c1-3-31-23-15-7-12(28)6-14(15)22(24-18(23)10-20(30)33-24)21-13-5-11(27)8-16(13)25(32-4-2)26-17(21)9-19(29)34-26/h11-12H,3-10,27-28H2,1-2H3. The van der Waals surface area contributed by atoms with Crippen molar-refractivity contribution < 1.29 is 28.5 Å². The highest BCUT2D eigenvalue weighted by molar-refractivity contribution is 5.97. The Bertz CT molecular complexity index is 1170. The number of nitrogens with two attached hydrogens (primary N) is 2. The summed E-state index contributed by atoms with van der Waals surface area (Å²) in [5.74, 6) is 1.69. The van der Waals surface area contributed by atoms with Gasteiger partial charge in [0.1, 0.15) is 11.5 Å². The normalized spacial score (nSPS) is 21.6. The summed E-state index contributed by atoms with van der Waals surface area (Å²) in [5.41, 5.74) is 20.2. The van der Waals surface area contributed by atoms with Crippen LogP contribution >= 0.6 is 0 Å². The van der Waals surface area contributed by atoms with Crippen molar-refractivity contribution in [1.29, 1.82) is 0 Å². The van der Waals surface area contributed by atoms with Gasteiger partial charge in [0.15, 0.2) is 11.5 Å². The van der Waals surface area contributed by atoms with Crippen LogP contribution in [0.4, 0.5) is 0 Å². The van der Waals surface area contributed by atoms with Crippen molar-refractivity contribution in [2.24, 2.45) is 11.5 Å². The van der Waals surface area contributed by atoms with E-state index in [0.29, 0.717) is 56.1 Å². The Labute approximate surface area is 197 Å². The average molecular weight is 465 g/mol. The first-order valence-corrected chi connectivity index (χ1v) is 12.0. The fourth-order valence-electron chi connectivity index (χ4n) is 6.11. The molecule has 178 valence electrons. The van der Waals surface area contributed by atoms with Gasteiger partial charge in [0.05, 0.1) is 26.1 Å². The van der Waals surface area contributed by atoms with E-state index < -0.39 is 0 Å². The maximum absolute atomic E-state index is 12.5. The van der Waals surface area contributed by atoms with Gasteiger partial charge in [0.2, 0.25) is 0 Å². The molecule has 0 amide bonds. The number of esters is 2. The molecule has 8 heteroatoms. The fourth-order valence-corrected chi connectivity index (χ4v) is 6.11. The number of rotatable bonds is 5. The molecule has 2 aliphatic heterocycles. The van der Waals surface area contributed by atoms with E-state index in [4.69, 9.17) is 30.4 Å². The van der Waals surface area contributed by atoms with Gasteiger partial charge >= 0.3 is 11.9 Å². The molecule has 8 nitrogen and oxygen atoms in total. The molecule has 0 saturated heterocycles. The lowest BCUT2D eigenvalue weighted by Crippen LogP contribution is -2.19. The Morgan fingerprint density at radius 3 is 1.82 bits per heavy atom. The van der Waals surface area contributed by atoms with Gasteiger partial charge in [-0.25, -0.2) is 0 Å². The van der Waals surface area contributed by atoms with Crippen LogP contribution in [0.2, 0.25) is 0 Å². The monoisotopic (exact) mass is 464 g/mol. The Kier molecular flexibility index (Phi) is 4.86. The summed E-state index contributed by atoms with van der Waals surface area (Å²) in [5, 5.41) is 0. The Morgan fingerprint density at radius 1 is 0.676 bits per heavy atom. The molecule has 2 heterocycles. The van der Waals surface area contributed by atoms with E-state index >= 15 is 0 Å². The number of carbonyl (C=O) groups excluding carboxylic acids is 2. The molecule has 0 fully saturated rings. The molecule has 2 aromatic carbocycles. The molecule has 2 aromatic rings. The lowest BCUT2D eigenvalue weighted by Gasteiger charge is -2.23. The molecule has 0 radical (unpaired) electrons. The summed E-state index contributed by atoms with van der Waals surface area (Å²) in [4.78, 5) is 25.0. The fraction of sp³-hybridized carbons (Fsp3) is 0.462. The van der Waals surface area contributed by atoms with Crippen molar-refractivity contribution in [1.82, 2.24) is 0 Å². The second kappa shape index (κ2) is 7.71. The first-order valence-electron chi connectivity index (χ1n) is 12.0. The topological polar surface area (TPSA) is 123 Å². The van der Waals surface area contributed by atoms with Crippen LogP contribution in [-0.4, -0.2) is 37.2 Å². The number of benzene rings is 2. The Morgan fingerprint density at radius 2 is 1.18 bits per heavy atom. The zero-order valence-corrected chi connectivity index (χ0v) is 19.4. The average Bonchev–Trinajstić information content (AvgIpc) is 3.54. The smallest absolute Gasteiger partial charge is 0.315 e. The first-order chi connectivity index (χ1) is 16.4. The molecule has 0 spiro atoms. The predicted molar refractivity (Wildman–Crippen MR) is 124 cm³/mol. The highest BCUT2D eigenvalue weighted by atomic mass is 16.6. The van der Waals surface area contributed by atoms with Crippen LogP contribution < -0.4 is 30.4 Å². The van der Waals surface area contributed by atoms with Crippen molar-refractivity contribution >= 4 is 11.9 Å². The van der Waals surface area contributed by atoms with Gasteiger partial charge in [-0.1, -0.05) is 0 Å². The van der Waals surface area contributed by atoms with Crippen LogP contribution in [0.1, 0.15) is 47.2 Å². The van der Waals surface area contributed by atoms with Crippen LogP contribution in [0, 0.1) is 0 Å². The van der Waals surface area contributed by atoms with Gasteiger partial charge in [-0.2, -0.15) is 0 Å². The molecule has 2 aliphatic carbocycles. The van der Waals surface area contributed by atoms with Crippen molar-refractivity contribution in [3.8, 4) is 34.1 Å². The quantitative estimate of drug-likeness (QED) is 0.508. The number of hydrogen-bond donors (Lipinski definition) is 2. The second-order valence-electron chi connectivity index (χ2n) is 9.44. The maximum atomic E-state index is 12.5. The van der Waals surface area contributed by atoms with E-state index in [0.717, 1.165) is 50.3 Å². The number of ether oxygens (including phenoxy) is 4. The van der Waals surface area contributed by atoms with E-state index in [9.17, 15) is 9.59 Å². The van der Waals surface area contributed by atoms with E-state index in [1.165, 1.54) is 0 Å². The predicted octanol–water partition coefficient (Wildman–Crippen LogP) is 1.93. The van der Waals surface area contributed by atoms with Crippen molar-refractivity contribution in [2.45, 2.75) is 64.5 Å². The zero-order chi connectivity index (χ0) is 23.7. The minimum Gasteiger partial charge on any atom is -0.493 e. The van der Waals surface area contributed by atoms with Gasteiger partial charge in [-0.15, -0.1) is 0 Å². The number of fused-ring (bicyclic) bond motifs is 4. The minimum absolute atomic E-state index is 0.0601. The molecule has 2 atom stereocenters. The largest absolute Gasteiger partial charge is 0.493 e. The Hall–Kier alpha value is -3.10. The zero-order valence-electron chi connectivity index (χ0n) is 19.4. The van der Waals surface area contributed by atoms with Gasteiger partial charge in [0.25, 0.3) is 0 Å². The molecule has 0 aromatic heterocycles. The van der Waals surface area contributed by atoms with E-state index in [1.807, 2.05) is 13.8 Å². The third kappa shape index (κ3) is 2.98. The van der Waals surface area contributed by atoms with E-state index in [1.54, 1.807) is 0 Å². The highest BCUT2D eigenvalue weighted by Gasteiger charge is 2.42. The molecular formula is C26H28N2O6. The third-order valence-electron chi connectivity index (χ3n) is 7.20. The Balaban J connectivity index is 1.71. The number of carbonyl (C=O) groups is 2. The van der Waals surface area contributed by atoms with Crippen LogP contribution in [0.25, 0.3) is 11.1 Å². The van der Waals surface area contributed by atoms with Gasteiger partial charge in [-0.3, -0.25) is 9.59 Å². The van der Waals surface area contributed by atoms with E-state index in [2.05, 4.69) is 0 Å². The third-order valence-corrected chi connectivity index (χ3v) is 7.20. The molecule has 0 bridgehead atoms. The lowest BCUT2D eigenvalue weighted by atomic mass is 9.84. The van der Waals surface area contributed by atoms with Crippen LogP contribution in [-0.2, 0) is 48.1 Å². The van der Waals surface area contributed by atoms with Gasteiger partial charge in [0, 0.05) is 39.9 Å². The molecule has 4 aliphatic rings. The molecule has 0 saturated carbocycles. The SMILES string of the molecule is CCOc1c2c(c(-c3c4c(c(OCC)c5c3CC(=O)O5)CC(N)C4)c3c1CC(=O)O3)CC(N)C2. The van der Waals surface area contributed by atoms with Crippen LogP contribution in [0.15, 0.2) is 0 Å². The number of hydrogen-bond acceptors (Lipinski definition) is 8. The first kappa shape index (κ1) is 21.4. The molecule has 34 heavy (non-hydrogen) atoms. The molecular weight excluding hydrogens is 436 g/mol. The van der Waals surface area contributed by atoms with Crippen LogP contribution in [0.5, 0.6) is 23.0 Å². The summed E-state index contributed by atoms with van der Waals surface area (Å²) >= 11 is 0. The maximum Gasteiger partial charge on any atom is 0.315 e.